The van der Waals surface area contributed by atoms with Crippen LogP contribution in [0.5, 0.6) is 0 Å². The smallest absolute Gasteiger partial charge is 0.153 e. The van der Waals surface area contributed by atoms with Crippen LogP contribution < -0.4 is 5.32 Å². The van der Waals surface area contributed by atoms with E-state index in [1.54, 1.807) is 24.8 Å². The van der Waals surface area contributed by atoms with Crippen LogP contribution in [-0.4, -0.2) is 41.0 Å². The summed E-state index contributed by atoms with van der Waals surface area (Å²) in [5, 5.41) is 11.7. The first-order valence-electron chi connectivity index (χ1n) is 6.66. The van der Waals surface area contributed by atoms with Crippen LogP contribution in [0.15, 0.2) is 36.5 Å². The van der Waals surface area contributed by atoms with E-state index >= 15 is 0 Å². The minimum atomic E-state index is -3.10. The zero-order valence-electron chi connectivity index (χ0n) is 12.4. The molecule has 2 aromatic rings. The second-order valence-corrected chi connectivity index (χ2v) is 8.25. The normalized spacial score (nSPS) is 12.5. The first-order valence-corrected chi connectivity index (χ1v) is 8.56. The van der Waals surface area contributed by atoms with Gasteiger partial charge < -0.3 is 5.32 Å². The van der Waals surface area contributed by atoms with E-state index in [4.69, 9.17) is 0 Å². The summed E-state index contributed by atoms with van der Waals surface area (Å²) in [6.07, 6.45) is 2.92. The van der Waals surface area contributed by atoms with Crippen molar-refractivity contribution in [3.63, 3.8) is 0 Å². The van der Waals surface area contributed by atoms with E-state index in [2.05, 4.69) is 15.5 Å². The lowest BCUT2D eigenvalue weighted by Gasteiger charge is -2.22. The number of hydrogen-bond donors (Lipinski definition) is 1. The Morgan fingerprint density at radius 2 is 1.90 bits per heavy atom. The molecule has 0 amide bonds. The number of para-hydroxylation sites is 1. The van der Waals surface area contributed by atoms with Crippen molar-refractivity contribution < 1.29 is 8.42 Å². The van der Waals surface area contributed by atoms with Gasteiger partial charge in [0, 0.05) is 19.3 Å². The molecule has 1 N–H and O–H groups in total. The Bertz CT molecular complexity index is 693. The molecule has 0 atom stereocenters. The van der Waals surface area contributed by atoms with E-state index in [9.17, 15) is 8.42 Å². The summed E-state index contributed by atoms with van der Waals surface area (Å²) in [5.74, 6) is 0. The van der Waals surface area contributed by atoms with Crippen molar-refractivity contribution >= 4 is 9.84 Å². The van der Waals surface area contributed by atoms with Gasteiger partial charge in [0.25, 0.3) is 0 Å². The van der Waals surface area contributed by atoms with Gasteiger partial charge >= 0.3 is 0 Å². The number of nitrogens with zero attached hydrogens (tertiary/aromatic N) is 3. The lowest BCUT2D eigenvalue weighted by molar-refractivity contribution is 0.519. The minimum absolute atomic E-state index is 0.365. The Morgan fingerprint density at radius 3 is 2.52 bits per heavy atom. The summed E-state index contributed by atoms with van der Waals surface area (Å²) >= 11 is 0. The molecule has 6 nitrogen and oxygen atoms in total. The fraction of sp³-hybridized carbons (Fsp3) is 0.429. The monoisotopic (exact) mass is 308 g/mol. The fourth-order valence-corrected chi connectivity index (χ4v) is 2.05. The average molecular weight is 308 g/mol. The van der Waals surface area contributed by atoms with Gasteiger partial charge in [-0.15, -0.1) is 0 Å². The summed E-state index contributed by atoms with van der Waals surface area (Å²) in [4.78, 5) is 1.55. The van der Waals surface area contributed by atoms with Gasteiger partial charge in [0.2, 0.25) is 0 Å². The van der Waals surface area contributed by atoms with Gasteiger partial charge in [-0.3, -0.25) is 0 Å². The Morgan fingerprint density at radius 1 is 1.24 bits per heavy atom. The summed E-state index contributed by atoms with van der Waals surface area (Å²) < 4.78 is 22.4. The van der Waals surface area contributed by atoms with Crippen LogP contribution in [0.25, 0.3) is 5.69 Å². The van der Waals surface area contributed by atoms with E-state index in [1.807, 2.05) is 30.3 Å². The number of aromatic nitrogens is 3. The molecule has 2 rings (SSSR count). The molecule has 0 radical (unpaired) electrons. The molecule has 1 aromatic heterocycles. The van der Waals surface area contributed by atoms with Crippen LogP contribution >= 0.6 is 0 Å². The molecular formula is C14H20N4O2S. The van der Waals surface area contributed by atoms with Gasteiger partial charge in [0.1, 0.15) is 0 Å². The Balaban J connectivity index is 1.96. The quantitative estimate of drug-likeness (QED) is 0.867. The van der Waals surface area contributed by atoms with Crippen molar-refractivity contribution in [2.24, 2.45) is 0 Å². The van der Waals surface area contributed by atoms with Crippen LogP contribution in [0, 0.1) is 0 Å². The van der Waals surface area contributed by atoms with Gasteiger partial charge in [-0.25, -0.2) is 8.42 Å². The van der Waals surface area contributed by atoms with Crippen LogP contribution in [0.1, 0.15) is 19.5 Å². The zero-order chi connectivity index (χ0) is 15.5. The van der Waals surface area contributed by atoms with Gasteiger partial charge in [-0.05, 0) is 26.0 Å². The van der Waals surface area contributed by atoms with Crippen molar-refractivity contribution in [3.05, 3.63) is 42.2 Å². The second kappa shape index (κ2) is 5.95. The van der Waals surface area contributed by atoms with Crippen LogP contribution in [0.3, 0.4) is 0 Å². The third-order valence-electron chi connectivity index (χ3n) is 3.39. The maximum Gasteiger partial charge on any atom is 0.153 e. The largest absolute Gasteiger partial charge is 0.309 e. The Labute approximate surface area is 125 Å². The van der Waals surface area contributed by atoms with E-state index in [1.165, 1.54) is 6.26 Å². The van der Waals surface area contributed by atoms with Crippen molar-refractivity contribution in [3.8, 4) is 5.69 Å². The van der Waals surface area contributed by atoms with Crippen LogP contribution in [0.4, 0.5) is 0 Å². The van der Waals surface area contributed by atoms with Crippen LogP contribution in [0.2, 0.25) is 0 Å². The number of benzene rings is 1. The lowest BCUT2D eigenvalue weighted by atomic mass is 10.2. The van der Waals surface area contributed by atoms with Crippen molar-refractivity contribution in [1.29, 1.82) is 0 Å². The standard InChI is InChI=1S/C14H20N4O2S/c1-14(2,21(3,19)20)11-15-9-12-10-16-18(17-12)13-7-5-4-6-8-13/h4-8,10,15H,9,11H2,1-3H3. The van der Waals surface area contributed by atoms with E-state index in [0.717, 1.165) is 11.4 Å². The number of rotatable bonds is 6. The maximum absolute atomic E-state index is 11.6. The Kier molecular flexibility index (Phi) is 4.43. The van der Waals surface area contributed by atoms with E-state index < -0.39 is 14.6 Å². The Hall–Kier alpha value is -1.73. The number of hydrogen-bond acceptors (Lipinski definition) is 5. The van der Waals surface area contributed by atoms with Gasteiger partial charge in [-0.1, -0.05) is 18.2 Å². The predicted octanol–water partition coefficient (Wildman–Crippen LogP) is 1.18. The molecule has 0 bridgehead atoms. The van der Waals surface area contributed by atoms with Crippen LogP contribution in [-0.2, 0) is 16.4 Å². The van der Waals surface area contributed by atoms with E-state index in [0.29, 0.717) is 13.1 Å². The third-order valence-corrected chi connectivity index (χ3v) is 5.54. The third kappa shape index (κ3) is 3.89. The molecule has 114 valence electrons. The summed E-state index contributed by atoms with van der Waals surface area (Å²) in [6, 6.07) is 9.62. The summed E-state index contributed by atoms with van der Waals surface area (Å²) in [6.45, 7) is 4.25. The maximum atomic E-state index is 11.6. The first kappa shape index (κ1) is 15.7. The predicted molar refractivity (Wildman–Crippen MR) is 82.0 cm³/mol. The molecule has 1 aromatic carbocycles. The highest BCUT2D eigenvalue weighted by atomic mass is 32.2. The summed E-state index contributed by atoms with van der Waals surface area (Å²) in [7, 11) is -3.10. The highest BCUT2D eigenvalue weighted by Gasteiger charge is 2.29. The SMILES string of the molecule is CC(C)(CNCc1cnn(-c2ccccc2)n1)S(C)(=O)=O. The lowest BCUT2D eigenvalue weighted by Crippen LogP contribution is -2.41. The molecule has 0 aliphatic heterocycles. The summed E-state index contributed by atoms with van der Waals surface area (Å²) in [5.41, 5.74) is 1.66. The molecule has 0 aliphatic carbocycles. The van der Waals surface area contributed by atoms with Crippen molar-refractivity contribution in [1.82, 2.24) is 20.3 Å². The van der Waals surface area contributed by atoms with Gasteiger partial charge in [0.05, 0.1) is 22.3 Å². The number of sulfone groups is 1. The second-order valence-electron chi connectivity index (χ2n) is 5.60. The van der Waals surface area contributed by atoms with E-state index in [-0.39, 0.29) is 0 Å². The zero-order valence-corrected chi connectivity index (χ0v) is 13.3. The average Bonchev–Trinajstić information content (AvgIpc) is 2.87. The molecule has 0 saturated heterocycles. The number of nitrogens with one attached hydrogen (secondary N) is 1. The minimum Gasteiger partial charge on any atom is -0.309 e. The first-order chi connectivity index (χ1) is 9.79. The molecular weight excluding hydrogens is 288 g/mol. The van der Waals surface area contributed by atoms with Gasteiger partial charge in [-0.2, -0.15) is 15.0 Å². The van der Waals surface area contributed by atoms with Crippen molar-refractivity contribution in [2.75, 3.05) is 12.8 Å². The molecule has 0 spiro atoms. The molecule has 0 fully saturated rings. The highest BCUT2D eigenvalue weighted by Crippen LogP contribution is 2.13. The molecule has 0 saturated carbocycles. The fourth-order valence-electron chi connectivity index (χ4n) is 1.68. The molecule has 7 heteroatoms. The molecule has 0 unspecified atom stereocenters. The highest BCUT2D eigenvalue weighted by molar-refractivity contribution is 7.92. The molecule has 21 heavy (non-hydrogen) atoms. The molecule has 0 aliphatic rings. The van der Waals surface area contributed by atoms with Crippen molar-refractivity contribution in [2.45, 2.75) is 25.1 Å². The van der Waals surface area contributed by atoms with Gasteiger partial charge in [0.15, 0.2) is 9.84 Å². The topological polar surface area (TPSA) is 76.9 Å². The molecule has 1 heterocycles.